The molecule has 0 spiro atoms. The first-order chi connectivity index (χ1) is 6.77. The summed E-state index contributed by atoms with van der Waals surface area (Å²) in [4.78, 5) is 10.4. The first-order valence-corrected chi connectivity index (χ1v) is 4.88. The number of hydrogen-bond donors (Lipinski definition) is 0. The number of likely N-dealkylation sites (N-methyl/N-ethyl adjacent to an activating group) is 1. The Morgan fingerprint density at radius 3 is 2.93 bits per heavy atom. The third kappa shape index (κ3) is 3.12. The van der Waals surface area contributed by atoms with Gasteiger partial charge in [-0.05, 0) is 0 Å². The van der Waals surface area contributed by atoms with Crippen LogP contribution in [-0.4, -0.2) is 37.3 Å². The topological polar surface area (TPSA) is 38.2 Å². The molecule has 14 heavy (non-hydrogen) atoms. The minimum Gasteiger partial charge on any atom is -0.383 e. The quantitative estimate of drug-likeness (QED) is 0.694. The molecular formula is C9H14ClN3O. The van der Waals surface area contributed by atoms with Crippen LogP contribution < -0.4 is 4.90 Å². The van der Waals surface area contributed by atoms with Gasteiger partial charge in [0, 0.05) is 26.9 Å². The van der Waals surface area contributed by atoms with E-state index in [9.17, 15) is 0 Å². The van der Waals surface area contributed by atoms with Crippen molar-refractivity contribution in [1.29, 1.82) is 0 Å². The Morgan fingerprint density at radius 1 is 1.50 bits per heavy atom. The van der Waals surface area contributed by atoms with Crippen LogP contribution in [0.25, 0.3) is 0 Å². The van der Waals surface area contributed by atoms with Crippen molar-refractivity contribution in [3.8, 4) is 0 Å². The van der Waals surface area contributed by atoms with Crippen LogP contribution in [0.15, 0.2) is 12.4 Å². The molecule has 0 aliphatic heterocycles. The predicted molar refractivity (Wildman–Crippen MR) is 56.7 cm³/mol. The van der Waals surface area contributed by atoms with E-state index in [4.69, 9.17) is 16.3 Å². The van der Waals surface area contributed by atoms with E-state index in [1.807, 2.05) is 11.9 Å². The van der Waals surface area contributed by atoms with Crippen LogP contribution in [0.1, 0.15) is 5.69 Å². The minimum absolute atomic E-state index is 0.388. The van der Waals surface area contributed by atoms with Crippen molar-refractivity contribution in [2.24, 2.45) is 0 Å². The largest absolute Gasteiger partial charge is 0.383 e. The Hall–Kier alpha value is -0.870. The number of nitrogens with zero attached hydrogens (tertiary/aromatic N) is 3. The molecule has 0 unspecified atom stereocenters. The molecule has 1 heterocycles. The summed E-state index contributed by atoms with van der Waals surface area (Å²) in [5.41, 5.74) is 0.786. The first kappa shape index (κ1) is 11.2. The molecular weight excluding hydrogens is 202 g/mol. The van der Waals surface area contributed by atoms with E-state index in [1.54, 1.807) is 19.5 Å². The fourth-order valence-corrected chi connectivity index (χ4v) is 1.11. The van der Waals surface area contributed by atoms with Crippen molar-refractivity contribution in [1.82, 2.24) is 9.97 Å². The van der Waals surface area contributed by atoms with Gasteiger partial charge in [0.25, 0.3) is 0 Å². The van der Waals surface area contributed by atoms with Crippen LogP contribution in [0.4, 0.5) is 5.82 Å². The Labute approximate surface area is 88.9 Å². The highest BCUT2D eigenvalue weighted by Gasteiger charge is 2.03. The zero-order chi connectivity index (χ0) is 10.4. The summed E-state index contributed by atoms with van der Waals surface area (Å²) < 4.78 is 4.97. The van der Waals surface area contributed by atoms with Crippen LogP contribution in [-0.2, 0) is 10.6 Å². The van der Waals surface area contributed by atoms with Gasteiger partial charge in [-0.3, -0.25) is 4.98 Å². The third-order valence-corrected chi connectivity index (χ3v) is 2.10. The number of aromatic nitrogens is 2. The van der Waals surface area contributed by atoms with Gasteiger partial charge >= 0.3 is 0 Å². The third-order valence-electron chi connectivity index (χ3n) is 1.83. The standard InChI is InChI=1S/C9H14ClN3O/c1-13(3-4-14-2)9-7-11-6-8(5-10)12-9/h6-7H,3-5H2,1-2H3. The highest BCUT2D eigenvalue weighted by molar-refractivity contribution is 6.16. The second-order valence-corrected chi connectivity index (χ2v) is 3.18. The second-order valence-electron chi connectivity index (χ2n) is 2.92. The number of alkyl halides is 1. The van der Waals surface area contributed by atoms with Crippen molar-refractivity contribution < 1.29 is 4.74 Å². The van der Waals surface area contributed by atoms with E-state index < -0.39 is 0 Å². The molecule has 0 saturated heterocycles. The molecule has 1 aromatic rings. The molecule has 0 amide bonds. The molecule has 0 bridgehead atoms. The van der Waals surface area contributed by atoms with Crippen LogP contribution in [0.5, 0.6) is 0 Å². The fourth-order valence-electron chi connectivity index (χ4n) is 0.986. The predicted octanol–water partition coefficient (Wildman–Crippen LogP) is 1.30. The van der Waals surface area contributed by atoms with Crippen molar-refractivity contribution in [2.75, 3.05) is 32.2 Å². The highest BCUT2D eigenvalue weighted by Crippen LogP contribution is 2.08. The molecule has 0 fully saturated rings. The van der Waals surface area contributed by atoms with Gasteiger partial charge in [0.1, 0.15) is 5.82 Å². The van der Waals surface area contributed by atoms with E-state index in [1.165, 1.54) is 0 Å². The number of halogens is 1. The van der Waals surface area contributed by atoms with Gasteiger partial charge in [0.2, 0.25) is 0 Å². The Bertz CT molecular complexity index is 283. The molecule has 0 radical (unpaired) electrons. The summed E-state index contributed by atoms with van der Waals surface area (Å²) >= 11 is 5.66. The monoisotopic (exact) mass is 215 g/mol. The SMILES string of the molecule is COCCN(C)c1cncc(CCl)n1. The lowest BCUT2D eigenvalue weighted by molar-refractivity contribution is 0.206. The maximum absolute atomic E-state index is 5.66. The summed E-state index contributed by atoms with van der Waals surface area (Å²) in [5, 5.41) is 0. The molecule has 0 N–H and O–H groups in total. The smallest absolute Gasteiger partial charge is 0.147 e. The maximum Gasteiger partial charge on any atom is 0.147 e. The number of anilines is 1. The van der Waals surface area contributed by atoms with Gasteiger partial charge in [-0.25, -0.2) is 4.98 Å². The molecule has 1 aromatic heterocycles. The van der Waals surface area contributed by atoms with Crippen molar-refractivity contribution in [2.45, 2.75) is 5.88 Å². The molecule has 78 valence electrons. The Morgan fingerprint density at radius 2 is 2.29 bits per heavy atom. The summed E-state index contributed by atoms with van der Waals surface area (Å²) in [6.45, 7) is 1.46. The van der Waals surface area contributed by atoms with E-state index in [0.29, 0.717) is 12.5 Å². The molecule has 1 rings (SSSR count). The zero-order valence-electron chi connectivity index (χ0n) is 8.40. The van der Waals surface area contributed by atoms with Crippen LogP contribution >= 0.6 is 11.6 Å². The lowest BCUT2D eigenvalue weighted by atomic mass is 10.5. The first-order valence-electron chi connectivity index (χ1n) is 4.35. The average molecular weight is 216 g/mol. The number of ether oxygens (including phenoxy) is 1. The molecule has 0 atom stereocenters. The molecule has 4 nitrogen and oxygen atoms in total. The zero-order valence-corrected chi connectivity index (χ0v) is 9.16. The van der Waals surface area contributed by atoms with E-state index in [-0.39, 0.29) is 0 Å². The van der Waals surface area contributed by atoms with Crippen molar-refractivity contribution >= 4 is 17.4 Å². The summed E-state index contributed by atoms with van der Waals surface area (Å²) in [6, 6.07) is 0. The lowest BCUT2D eigenvalue weighted by Crippen LogP contribution is -2.23. The lowest BCUT2D eigenvalue weighted by Gasteiger charge is -2.17. The van der Waals surface area contributed by atoms with E-state index >= 15 is 0 Å². The highest BCUT2D eigenvalue weighted by atomic mass is 35.5. The van der Waals surface area contributed by atoms with Gasteiger partial charge < -0.3 is 9.64 Å². The molecule has 0 aliphatic carbocycles. The van der Waals surface area contributed by atoms with Crippen LogP contribution in [0, 0.1) is 0 Å². The van der Waals surface area contributed by atoms with Gasteiger partial charge in [-0.1, -0.05) is 0 Å². The summed E-state index contributed by atoms with van der Waals surface area (Å²) in [5.74, 6) is 1.21. The van der Waals surface area contributed by atoms with Gasteiger partial charge in [0.15, 0.2) is 0 Å². The Balaban J connectivity index is 2.64. The van der Waals surface area contributed by atoms with Gasteiger partial charge in [-0.15, -0.1) is 11.6 Å². The van der Waals surface area contributed by atoms with Gasteiger partial charge in [0.05, 0.1) is 24.4 Å². The maximum atomic E-state index is 5.66. The van der Waals surface area contributed by atoms with E-state index in [0.717, 1.165) is 18.1 Å². The van der Waals surface area contributed by atoms with Crippen molar-refractivity contribution in [3.05, 3.63) is 18.1 Å². The van der Waals surface area contributed by atoms with Crippen molar-refractivity contribution in [3.63, 3.8) is 0 Å². The van der Waals surface area contributed by atoms with Gasteiger partial charge in [-0.2, -0.15) is 0 Å². The number of rotatable bonds is 5. The molecule has 0 aliphatic rings. The molecule has 5 heteroatoms. The summed E-state index contributed by atoms with van der Waals surface area (Å²) in [6.07, 6.45) is 3.38. The minimum atomic E-state index is 0.388. The summed E-state index contributed by atoms with van der Waals surface area (Å²) in [7, 11) is 3.62. The Kier molecular flexibility index (Phi) is 4.62. The number of methoxy groups -OCH3 is 1. The normalized spacial score (nSPS) is 10.2. The van der Waals surface area contributed by atoms with Crippen LogP contribution in [0.2, 0.25) is 0 Å². The van der Waals surface area contributed by atoms with E-state index in [2.05, 4.69) is 9.97 Å². The second kappa shape index (κ2) is 5.78. The van der Waals surface area contributed by atoms with Crippen LogP contribution in [0.3, 0.4) is 0 Å². The average Bonchev–Trinajstić information content (AvgIpc) is 2.26. The molecule has 0 saturated carbocycles. The fraction of sp³-hybridized carbons (Fsp3) is 0.556. The molecule has 0 aromatic carbocycles. The number of hydrogen-bond acceptors (Lipinski definition) is 4.